The van der Waals surface area contributed by atoms with Crippen LogP contribution in [0.4, 0.5) is 0 Å². The fourth-order valence-corrected chi connectivity index (χ4v) is 1.32. The average molecular weight is 252 g/mol. The Hall–Kier alpha value is -2.18. The number of hydrogen-bond donors (Lipinski definition) is 3. The van der Waals surface area contributed by atoms with Gasteiger partial charge >= 0.3 is 0 Å². The van der Waals surface area contributed by atoms with Gasteiger partial charge in [-0.15, -0.1) is 0 Å². The lowest BCUT2D eigenvalue weighted by atomic mass is 10.1. The Morgan fingerprint density at radius 2 is 2.11 bits per heavy atom. The number of imide groups is 1. The highest BCUT2D eigenvalue weighted by molar-refractivity contribution is 6.38. The lowest BCUT2D eigenvalue weighted by molar-refractivity contribution is -0.136. The Labute approximate surface area is 105 Å². The number of hydrogen-bond acceptors (Lipinski definition) is 5. The van der Waals surface area contributed by atoms with Gasteiger partial charge in [-0.3, -0.25) is 25.1 Å². The largest absolute Gasteiger partial charge is 0.339 e. The van der Waals surface area contributed by atoms with E-state index in [1.165, 1.54) is 6.92 Å². The topological polar surface area (TPSA) is 99.7 Å². The van der Waals surface area contributed by atoms with Crippen LogP contribution >= 0.6 is 0 Å². The van der Waals surface area contributed by atoms with E-state index in [9.17, 15) is 14.4 Å². The van der Waals surface area contributed by atoms with Gasteiger partial charge in [0.15, 0.2) is 0 Å². The Morgan fingerprint density at radius 1 is 1.44 bits per heavy atom. The molecule has 0 bridgehead atoms. The van der Waals surface area contributed by atoms with E-state index in [-0.39, 0.29) is 18.0 Å². The molecule has 1 heterocycles. The summed E-state index contributed by atoms with van der Waals surface area (Å²) in [6, 6.07) is -0.690. The summed E-state index contributed by atoms with van der Waals surface area (Å²) < 4.78 is 0. The molecule has 0 radical (unpaired) electrons. The van der Waals surface area contributed by atoms with Gasteiger partial charge in [0.25, 0.3) is 5.91 Å². The minimum atomic E-state index is -0.690. The first kappa shape index (κ1) is 13.9. The van der Waals surface area contributed by atoms with Gasteiger partial charge in [0.05, 0.1) is 0 Å². The maximum absolute atomic E-state index is 11.7. The number of allylic oxidation sites excluding steroid dienone is 1. The zero-order valence-corrected chi connectivity index (χ0v) is 10.4. The zero-order valence-electron chi connectivity index (χ0n) is 10.4. The molecule has 0 aromatic heterocycles. The van der Waals surface area contributed by atoms with Crippen molar-refractivity contribution in [2.75, 3.05) is 0 Å². The fraction of sp³-hybridized carbons (Fsp3) is 0.455. The fourth-order valence-electron chi connectivity index (χ4n) is 1.32. The summed E-state index contributed by atoms with van der Waals surface area (Å²) in [7, 11) is 0. The molecule has 0 aromatic carbocycles. The molecule has 1 fully saturated rings. The van der Waals surface area contributed by atoms with E-state index in [2.05, 4.69) is 27.7 Å². The quantitative estimate of drug-likeness (QED) is 0.353. The second-order valence-electron chi connectivity index (χ2n) is 4.07. The molecular weight excluding hydrogens is 236 g/mol. The molecule has 0 aliphatic carbocycles. The molecule has 3 N–H and O–H groups in total. The Kier molecular flexibility index (Phi) is 4.59. The Bertz CT molecular complexity index is 428. The highest BCUT2D eigenvalue weighted by atomic mass is 16.2. The number of amides is 3. The van der Waals surface area contributed by atoms with Gasteiger partial charge in [-0.2, -0.15) is 5.10 Å². The van der Waals surface area contributed by atoms with E-state index in [1.807, 2.05) is 0 Å². The summed E-state index contributed by atoms with van der Waals surface area (Å²) in [4.78, 5) is 34.0. The molecule has 18 heavy (non-hydrogen) atoms. The minimum Gasteiger partial charge on any atom is -0.339 e. The summed E-state index contributed by atoms with van der Waals surface area (Å²) in [6.07, 6.45) is 0.522. The molecule has 0 aromatic rings. The normalized spacial score (nSPS) is 20.1. The van der Waals surface area contributed by atoms with Gasteiger partial charge in [0.2, 0.25) is 11.8 Å². The van der Waals surface area contributed by atoms with Gasteiger partial charge < -0.3 is 5.32 Å². The van der Waals surface area contributed by atoms with Crippen LogP contribution in [0.5, 0.6) is 0 Å². The van der Waals surface area contributed by atoms with Crippen LogP contribution in [0.25, 0.3) is 0 Å². The molecule has 0 spiro atoms. The first-order valence-electron chi connectivity index (χ1n) is 5.50. The minimum absolute atomic E-state index is 0.183. The van der Waals surface area contributed by atoms with Crippen molar-refractivity contribution in [2.45, 2.75) is 32.7 Å². The van der Waals surface area contributed by atoms with Crippen molar-refractivity contribution in [3.63, 3.8) is 0 Å². The average Bonchev–Trinajstić information content (AvgIpc) is 2.29. The standard InChI is InChI=1S/C11H16N4O3/c1-6(2)14-15-7(3)10(17)12-8-4-5-9(16)13-11(8)18/h8,14H,1,4-5H2,2-3H3,(H,12,17)(H,13,16,18)/b15-7+. The van der Waals surface area contributed by atoms with E-state index in [0.29, 0.717) is 12.1 Å². The lowest BCUT2D eigenvalue weighted by Gasteiger charge is -2.21. The van der Waals surface area contributed by atoms with Crippen LogP contribution in [-0.4, -0.2) is 29.5 Å². The maximum Gasteiger partial charge on any atom is 0.267 e. The molecule has 1 atom stereocenters. The van der Waals surface area contributed by atoms with Gasteiger partial charge in [-0.25, -0.2) is 0 Å². The molecule has 7 nitrogen and oxygen atoms in total. The van der Waals surface area contributed by atoms with Gasteiger partial charge in [-0.05, 0) is 20.3 Å². The molecule has 1 saturated heterocycles. The zero-order chi connectivity index (χ0) is 13.7. The highest BCUT2D eigenvalue weighted by Crippen LogP contribution is 2.04. The van der Waals surface area contributed by atoms with Crippen LogP contribution in [0.3, 0.4) is 0 Å². The number of carbonyl (C=O) groups excluding carboxylic acids is 3. The number of piperidine rings is 1. The number of nitrogens with one attached hydrogen (secondary N) is 3. The highest BCUT2D eigenvalue weighted by Gasteiger charge is 2.28. The summed E-state index contributed by atoms with van der Waals surface area (Å²) in [6.45, 7) is 6.79. The number of carbonyl (C=O) groups is 3. The van der Waals surface area contributed by atoms with E-state index in [0.717, 1.165) is 0 Å². The molecule has 98 valence electrons. The van der Waals surface area contributed by atoms with Crippen LogP contribution in [0.15, 0.2) is 17.4 Å². The third kappa shape index (κ3) is 4.00. The third-order valence-corrected chi connectivity index (χ3v) is 2.29. The summed E-state index contributed by atoms with van der Waals surface area (Å²) in [5.41, 5.74) is 3.34. The van der Waals surface area contributed by atoms with Gasteiger partial charge in [0, 0.05) is 12.1 Å². The number of rotatable bonds is 4. The SMILES string of the molecule is C=C(C)N/N=C(\C)C(=O)NC1CCC(=O)NC1=O. The number of hydrazone groups is 1. The molecule has 1 rings (SSSR count). The smallest absolute Gasteiger partial charge is 0.267 e. The summed E-state index contributed by atoms with van der Waals surface area (Å²) >= 11 is 0. The Morgan fingerprint density at radius 3 is 2.67 bits per heavy atom. The van der Waals surface area contributed by atoms with Crippen LogP contribution < -0.4 is 16.1 Å². The molecule has 7 heteroatoms. The van der Waals surface area contributed by atoms with E-state index >= 15 is 0 Å². The molecule has 1 unspecified atom stereocenters. The predicted molar refractivity (Wildman–Crippen MR) is 65.4 cm³/mol. The van der Waals surface area contributed by atoms with Gasteiger partial charge in [-0.1, -0.05) is 6.58 Å². The van der Waals surface area contributed by atoms with Crippen molar-refractivity contribution < 1.29 is 14.4 Å². The summed E-state index contributed by atoms with van der Waals surface area (Å²) in [5.74, 6) is -1.27. The van der Waals surface area contributed by atoms with Crippen molar-refractivity contribution in [1.82, 2.24) is 16.1 Å². The molecular formula is C11H16N4O3. The lowest BCUT2D eigenvalue weighted by Crippen LogP contribution is -2.53. The predicted octanol–water partition coefficient (Wildman–Crippen LogP) is -0.593. The van der Waals surface area contributed by atoms with E-state index in [1.54, 1.807) is 6.92 Å². The van der Waals surface area contributed by atoms with Crippen molar-refractivity contribution >= 4 is 23.4 Å². The van der Waals surface area contributed by atoms with E-state index < -0.39 is 17.9 Å². The molecule has 3 amide bonds. The van der Waals surface area contributed by atoms with Crippen molar-refractivity contribution in [2.24, 2.45) is 5.10 Å². The molecule has 0 saturated carbocycles. The van der Waals surface area contributed by atoms with Crippen LogP contribution in [-0.2, 0) is 14.4 Å². The van der Waals surface area contributed by atoms with Crippen molar-refractivity contribution in [3.05, 3.63) is 12.3 Å². The molecule has 1 aliphatic rings. The van der Waals surface area contributed by atoms with Crippen molar-refractivity contribution in [3.8, 4) is 0 Å². The van der Waals surface area contributed by atoms with E-state index in [4.69, 9.17) is 0 Å². The summed E-state index contributed by atoms with van der Waals surface area (Å²) in [5, 5.41) is 8.46. The second kappa shape index (κ2) is 5.95. The maximum atomic E-state index is 11.7. The first-order chi connectivity index (χ1) is 8.40. The van der Waals surface area contributed by atoms with Crippen molar-refractivity contribution in [1.29, 1.82) is 0 Å². The number of nitrogens with zero attached hydrogens (tertiary/aromatic N) is 1. The second-order valence-corrected chi connectivity index (χ2v) is 4.07. The van der Waals surface area contributed by atoms with Crippen LogP contribution in [0, 0.1) is 0 Å². The first-order valence-corrected chi connectivity index (χ1v) is 5.50. The third-order valence-electron chi connectivity index (χ3n) is 2.29. The van der Waals surface area contributed by atoms with Gasteiger partial charge in [0.1, 0.15) is 11.8 Å². The van der Waals surface area contributed by atoms with Crippen LogP contribution in [0.1, 0.15) is 26.7 Å². The Balaban J connectivity index is 2.54. The molecule has 1 aliphatic heterocycles. The monoisotopic (exact) mass is 252 g/mol. The van der Waals surface area contributed by atoms with Crippen LogP contribution in [0.2, 0.25) is 0 Å².